The summed E-state index contributed by atoms with van der Waals surface area (Å²) in [6.45, 7) is 3.54. The predicted octanol–water partition coefficient (Wildman–Crippen LogP) is 2.49. The van der Waals surface area contributed by atoms with Crippen molar-refractivity contribution >= 4 is 11.8 Å². The zero-order valence-electron chi connectivity index (χ0n) is 15.7. The number of carbonyl (C=O) groups excluding carboxylic acids is 2. The van der Waals surface area contributed by atoms with Gasteiger partial charge in [0, 0.05) is 31.6 Å². The molecule has 0 saturated carbocycles. The van der Waals surface area contributed by atoms with E-state index < -0.39 is 0 Å². The number of rotatable bonds is 8. The summed E-state index contributed by atoms with van der Waals surface area (Å²) in [6, 6.07) is 15.5. The maximum Gasteiger partial charge on any atom is 0.251 e. The van der Waals surface area contributed by atoms with Crippen molar-refractivity contribution in [3.8, 4) is 0 Å². The molecule has 2 aromatic rings. The molecule has 0 bridgehead atoms. The molecule has 2 rings (SSSR count). The number of hydrogen-bond donors (Lipinski definition) is 2. The van der Waals surface area contributed by atoms with Gasteiger partial charge in [0.2, 0.25) is 5.91 Å². The summed E-state index contributed by atoms with van der Waals surface area (Å²) in [5, 5.41) is 5.73. The highest BCUT2D eigenvalue weighted by atomic mass is 16.2. The molecule has 26 heavy (non-hydrogen) atoms. The molecule has 0 unspecified atom stereocenters. The van der Waals surface area contributed by atoms with Crippen LogP contribution in [0.3, 0.4) is 0 Å². The van der Waals surface area contributed by atoms with Crippen molar-refractivity contribution in [3.63, 3.8) is 0 Å². The molecule has 0 spiro atoms. The van der Waals surface area contributed by atoms with Crippen molar-refractivity contribution in [2.45, 2.75) is 26.4 Å². The van der Waals surface area contributed by atoms with Gasteiger partial charge in [-0.25, -0.2) is 0 Å². The van der Waals surface area contributed by atoms with Crippen LogP contribution in [-0.4, -0.2) is 37.4 Å². The smallest absolute Gasteiger partial charge is 0.251 e. The van der Waals surface area contributed by atoms with E-state index in [1.807, 2.05) is 57.4 Å². The lowest BCUT2D eigenvalue weighted by Gasteiger charge is -2.14. The zero-order valence-corrected chi connectivity index (χ0v) is 15.7. The molecule has 0 radical (unpaired) electrons. The molecule has 0 atom stereocenters. The Morgan fingerprint density at radius 1 is 0.923 bits per heavy atom. The van der Waals surface area contributed by atoms with E-state index in [2.05, 4.69) is 21.6 Å². The standard InChI is InChI=1S/C21H27N3O2/c1-16-8-4-7-11-19(16)21(26)22-13-12-20(25)23-14-17-9-5-6-10-18(17)15-24(2)3/h4-11H,12-15H2,1-3H3,(H,22,26)(H,23,25). The third-order valence-electron chi connectivity index (χ3n) is 4.11. The first-order valence-corrected chi connectivity index (χ1v) is 8.79. The van der Waals surface area contributed by atoms with Gasteiger partial charge in [-0.15, -0.1) is 0 Å². The van der Waals surface area contributed by atoms with Crippen molar-refractivity contribution in [3.05, 3.63) is 70.8 Å². The highest BCUT2D eigenvalue weighted by Crippen LogP contribution is 2.10. The molecular weight excluding hydrogens is 326 g/mol. The quantitative estimate of drug-likeness (QED) is 0.766. The summed E-state index contributed by atoms with van der Waals surface area (Å²) in [6.07, 6.45) is 0.257. The Bertz CT molecular complexity index is 756. The van der Waals surface area contributed by atoms with Gasteiger partial charge >= 0.3 is 0 Å². The molecule has 2 N–H and O–H groups in total. The van der Waals surface area contributed by atoms with Crippen molar-refractivity contribution in [2.24, 2.45) is 0 Å². The Kier molecular flexibility index (Phi) is 7.36. The van der Waals surface area contributed by atoms with Crippen LogP contribution in [0.2, 0.25) is 0 Å². The van der Waals surface area contributed by atoms with Crippen molar-refractivity contribution in [1.82, 2.24) is 15.5 Å². The summed E-state index contributed by atoms with van der Waals surface area (Å²) >= 11 is 0. The van der Waals surface area contributed by atoms with Gasteiger partial charge in [0.1, 0.15) is 0 Å². The minimum Gasteiger partial charge on any atom is -0.352 e. The van der Waals surface area contributed by atoms with Gasteiger partial charge < -0.3 is 15.5 Å². The van der Waals surface area contributed by atoms with Gasteiger partial charge in [-0.2, -0.15) is 0 Å². The zero-order chi connectivity index (χ0) is 18.9. The van der Waals surface area contributed by atoms with Crippen LogP contribution >= 0.6 is 0 Å². The van der Waals surface area contributed by atoms with Crippen LogP contribution in [0, 0.1) is 6.92 Å². The minimum atomic E-state index is -0.146. The van der Waals surface area contributed by atoms with E-state index in [0.29, 0.717) is 18.7 Å². The van der Waals surface area contributed by atoms with E-state index in [-0.39, 0.29) is 18.2 Å². The molecule has 138 valence electrons. The number of carbonyl (C=O) groups is 2. The average molecular weight is 353 g/mol. The second-order valence-electron chi connectivity index (χ2n) is 6.60. The molecule has 5 heteroatoms. The number of benzene rings is 2. The lowest BCUT2D eigenvalue weighted by molar-refractivity contribution is -0.121. The maximum absolute atomic E-state index is 12.1. The first-order valence-electron chi connectivity index (χ1n) is 8.79. The van der Waals surface area contributed by atoms with E-state index in [4.69, 9.17) is 0 Å². The maximum atomic E-state index is 12.1. The van der Waals surface area contributed by atoms with Crippen LogP contribution in [0.15, 0.2) is 48.5 Å². The number of hydrogen-bond acceptors (Lipinski definition) is 3. The van der Waals surface area contributed by atoms with Crippen molar-refractivity contribution in [2.75, 3.05) is 20.6 Å². The van der Waals surface area contributed by atoms with Gasteiger partial charge in [0.25, 0.3) is 5.91 Å². The van der Waals surface area contributed by atoms with E-state index in [9.17, 15) is 9.59 Å². The van der Waals surface area contributed by atoms with Crippen LogP contribution in [0.25, 0.3) is 0 Å². The second kappa shape index (κ2) is 9.73. The molecule has 0 aromatic heterocycles. The highest BCUT2D eigenvalue weighted by Gasteiger charge is 2.09. The van der Waals surface area contributed by atoms with E-state index in [1.165, 1.54) is 5.56 Å². The molecule has 2 amide bonds. The van der Waals surface area contributed by atoms with Crippen LogP contribution < -0.4 is 10.6 Å². The number of amides is 2. The lowest BCUT2D eigenvalue weighted by atomic mass is 10.1. The first-order chi connectivity index (χ1) is 12.5. The number of nitrogens with one attached hydrogen (secondary N) is 2. The Morgan fingerprint density at radius 2 is 1.58 bits per heavy atom. The normalized spacial score (nSPS) is 10.6. The average Bonchev–Trinajstić information content (AvgIpc) is 2.61. The summed E-state index contributed by atoms with van der Waals surface area (Å²) in [7, 11) is 4.04. The van der Waals surface area contributed by atoms with E-state index in [1.54, 1.807) is 6.07 Å². The van der Waals surface area contributed by atoms with E-state index in [0.717, 1.165) is 17.7 Å². The molecule has 0 saturated heterocycles. The Labute approximate surface area is 155 Å². The van der Waals surface area contributed by atoms with Gasteiger partial charge in [0.15, 0.2) is 0 Å². The van der Waals surface area contributed by atoms with Crippen molar-refractivity contribution < 1.29 is 9.59 Å². The SMILES string of the molecule is Cc1ccccc1C(=O)NCCC(=O)NCc1ccccc1CN(C)C. The third kappa shape index (κ3) is 6.01. The van der Waals surface area contributed by atoms with Gasteiger partial charge in [-0.05, 0) is 43.8 Å². The van der Waals surface area contributed by atoms with Crippen LogP contribution in [0.5, 0.6) is 0 Å². The van der Waals surface area contributed by atoms with Crippen LogP contribution in [0.1, 0.15) is 33.5 Å². The minimum absolute atomic E-state index is 0.0743. The molecule has 0 aliphatic heterocycles. The fraction of sp³-hybridized carbons (Fsp3) is 0.333. The fourth-order valence-corrected chi connectivity index (χ4v) is 2.72. The topological polar surface area (TPSA) is 61.4 Å². The Hall–Kier alpha value is -2.66. The summed E-state index contributed by atoms with van der Waals surface area (Å²) in [5.41, 5.74) is 3.88. The summed E-state index contributed by atoms with van der Waals surface area (Å²) in [5.74, 6) is -0.220. The predicted molar refractivity (Wildman–Crippen MR) is 104 cm³/mol. The molecule has 0 aliphatic carbocycles. The van der Waals surface area contributed by atoms with E-state index >= 15 is 0 Å². The number of nitrogens with zero attached hydrogens (tertiary/aromatic N) is 1. The van der Waals surface area contributed by atoms with Gasteiger partial charge in [0.05, 0.1) is 0 Å². The molecule has 2 aromatic carbocycles. The molecule has 0 aliphatic rings. The first kappa shape index (κ1) is 19.7. The van der Waals surface area contributed by atoms with Gasteiger partial charge in [-0.3, -0.25) is 9.59 Å². The third-order valence-corrected chi connectivity index (χ3v) is 4.11. The lowest BCUT2D eigenvalue weighted by Crippen LogP contribution is -2.31. The molecule has 5 nitrogen and oxygen atoms in total. The second-order valence-corrected chi connectivity index (χ2v) is 6.60. The summed E-state index contributed by atoms with van der Waals surface area (Å²) in [4.78, 5) is 26.3. The van der Waals surface area contributed by atoms with Crippen molar-refractivity contribution in [1.29, 1.82) is 0 Å². The molecular formula is C21H27N3O2. The monoisotopic (exact) mass is 353 g/mol. The highest BCUT2D eigenvalue weighted by molar-refractivity contribution is 5.95. The van der Waals surface area contributed by atoms with Gasteiger partial charge in [-0.1, -0.05) is 42.5 Å². The molecule has 0 fully saturated rings. The fourth-order valence-electron chi connectivity index (χ4n) is 2.72. The summed E-state index contributed by atoms with van der Waals surface area (Å²) < 4.78 is 0. The Morgan fingerprint density at radius 3 is 2.27 bits per heavy atom. The largest absolute Gasteiger partial charge is 0.352 e. The van der Waals surface area contributed by atoms with Crippen LogP contribution in [-0.2, 0) is 17.9 Å². The Balaban J connectivity index is 1.78. The number of aryl methyl sites for hydroxylation is 1. The van der Waals surface area contributed by atoms with Crippen LogP contribution in [0.4, 0.5) is 0 Å². The molecule has 0 heterocycles.